The second-order valence-electron chi connectivity index (χ2n) is 9.82. The van der Waals surface area contributed by atoms with Gasteiger partial charge in [-0.15, -0.1) is 0 Å². The van der Waals surface area contributed by atoms with Crippen molar-refractivity contribution in [1.29, 1.82) is 0 Å². The number of hydrogen-bond donors (Lipinski definition) is 0. The van der Waals surface area contributed by atoms with Crippen LogP contribution in [0.5, 0.6) is 0 Å². The monoisotopic (exact) mass is 471 g/mol. The molecule has 1 atom stereocenters. The third kappa shape index (κ3) is 10.4. The van der Waals surface area contributed by atoms with Gasteiger partial charge in [-0.05, 0) is 31.4 Å². The van der Waals surface area contributed by atoms with Crippen LogP contribution < -0.4 is 0 Å². The molecule has 1 aromatic carbocycles. The number of nitro benzene ring substituents is 1. The van der Waals surface area contributed by atoms with E-state index < -0.39 is 0 Å². The van der Waals surface area contributed by atoms with Crippen molar-refractivity contribution in [3.05, 3.63) is 40.1 Å². The zero-order chi connectivity index (χ0) is 24.6. The van der Waals surface area contributed by atoms with Crippen molar-refractivity contribution >= 4 is 22.4 Å². The van der Waals surface area contributed by atoms with Gasteiger partial charge in [-0.1, -0.05) is 90.9 Å². The summed E-state index contributed by atoms with van der Waals surface area (Å²) < 4.78 is 5.88. The van der Waals surface area contributed by atoms with Gasteiger partial charge in [0.05, 0.1) is 4.92 Å². The van der Waals surface area contributed by atoms with Gasteiger partial charge in [0.1, 0.15) is 17.1 Å². The van der Waals surface area contributed by atoms with Crippen molar-refractivity contribution < 1.29 is 14.1 Å². The molecule has 0 amide bonds. The van der Waals surface area contributed by atoms with Crippen LogP contribution in [0.1, 0.15) is 122 Å². The SMILES string of the molecule is CCCCCCCCCCCCCC(=O)C(CCCC)CCc1cc2cc([N+](=O)[O-])ccc2o1. The van der Waals surface area contributed by atoms with Crippen molar-refractivity contribution in [2.24, 2.45) is 5.92 Å². The predicted octanol–water partition coefficient (Wildman–Crippen LogP) is 9.35. The Morgan fingerprint density at radius 3 is 2.09 bits per heavy atom. The van der Waals surface area contributed by atoms with Crippen molar-refractivity contribution in [1.82, 2.24) is 0 Å². The fourth-order valence-electron chi connectivity index (χ4n) is 4.72. The molecule has 34 heavy (non-hydrogen) atoms. The minimum atomic E-state index is -0.389. The van der Waals surface area contributed by atoms with Crippen LogP contribution in [0.15, 0.2) is 28.7 Å². The molecule has 0 aliphatic rings. The molecule has 1 aromatic heterocycles. The number of unbranched alkanes of at least 4 members (excludes halogenated alkanes) is 11. The summed E-state index contributed by atoms with van der Waals surface area (Å²) in [4.78, 5) is 23.5. The number of ketones is 1. The lowest BCUT2D eigenvalue weighted by molar-refractivity contribution is -0.384. The third-order valence-corrected chi connectivity index (χ3v) is 6.89. The summed E-state index contributed by atoms with van der Waals surface area (Å²) in [6.07, 6.45) is 19.5. The van der Waals surface area contributed by atoms with Gasteiger partial charge in [0.2, 0.25) is 0 Å². The van der Waals surface area contributed by atoms with E-state index in [-0.39, 0.29) is 16.5 Å². The predicted molar refractivity (Wildman–Crippen MR) is 140 cm³/mol. The zero-order valence-corrected chi connectivity index (χ0v) is 21.5. The molecule has 0 aliphatic heterocycles. The van der Waals surface area contributed by atoms with E-state index >= 15 is 0 Å². The van der Waals surface area contributed by atoms with Crippen molar-refractivity contribution in [3.8, 4) is 0 Å². The molecule has 0 saturated heterocycles. The van der Waals surface area contributed by atoms with E-state index in [1.807, 2.05) is 6.07 Å². The topological polar surface area (TPSA) is 73.3 Å². The van der Waals surface area contributed by atoms with E-state index in [2.05, 4.69) is 13.8 Å². The van der Waals surface area contributed by atoms with Crippen LogP contribution >= 0.6 is 0 Å². The maximum Gasteiger partial charge on any atom is 0.270 e. The van der Waals surface area contributed by atoms with E-state index in [0.29, 0.717) is 24.2 Å². The number of aryl methyl sites for hydroxylation is 1. The fourth-order valence-corrected chi connectivity index (χ4v) is 4.72. The molecule has 1 heterocycles. The van der Waals surface area contributed by atoms with E-state index in [1.165, 1.54) is 63.9 Å². The Hall–Kier alpha value is -2.17. The molecule has 2 aromatic rings. The Morgan fingerprint density at radius 2 is 1.47 bits per heavy atom. The highest BCUT2D eigenvalue weighted by Crippen LogP contribution is 2.27. The average molecular weight is 472 g/mol. The summed E-state index contributed by atoms with van der Waals surface area (Å²) in [5.74, 6) is 1.29. The molecule has 0 aliphatic carbocycles. The average Bonchev–Trinajstić information content (AvgIpc) is 3.24. The smallest absolute Gasteiger partial charge is 0.270 e. The number of non-ortho nitro benzene ring substituents is 1. The Bertz CT molecular complexity index is 857. The van der Waals surface area contributed by atoms with Gasteiger partial charge in [0, 0.05) is 36.3 Å². The highest BCUT2D eigenvalue weighted by atomic mass is 16.6. The highest BCUT2D eigenvalue weighted by Gasteiger charge is 2.19. The molecule has 0 bridgehead atoms. The van der Waals surface area contributed by atoms with Gasteiger partial charge in [-0.25, -0.2) is 0 Å². The number of benzene rings is 1. The number of furan rings is 1. The molecule has 0 N–H and O–H groups in total. The Balaban J connectivity index is 1.70. The van der Waals surface area contributed by atoms with Crippen LogP contribution in [-0.4, -0.2) is 10.7 Å². The van der Waals surface area contributed by atoms with Gasteiger partial charge in [0.15, 0.2) is 0 Å². The second kappa shape index (κ2) is 16.5. The lowest BCUT2D eigenvalue weighted by Crippen LogP contribution is -2.15. The molecule has 0 saturated carbocycles. The summed E-state index contributed by atoms with van der Waals surface area (Å²) in [5.41, 5.74) is 0.737. The number of carbonyl (C=O) groups excluding carboxylic acids is 1. The zero-order valence-electron chi connectivity index (χ0n) is 21.5. The summed E-state index contributed by atoms with van der Waals surface area (Å²) >= 11 is 0. The summed E-state index contributed by atoms with van der Waals surface area (Å²) in [5, 5.41) is 11.7. The number of hydrogen-bond acceptors (Lipinski definition) is 4. The lowest BCUT2D eigenvalue weighted by Gasteiger charge is -2.15. The van der Waals surface area contributed by atoms with Gasteiger partial charge >= 0.3 is 0 Å². The lowest BCUT2D eigenvalue weighted by atomic mass is 9.89. The number of nitro groups is 1. The molecular weight excluding hydrogens is 426 g/mol. The van der Waals surface area contributed by atoms with Crippen molar-refractivity contribution in [2.45, 2.75) is 123 Å². The first kappa shape index (κ1) is 28.1. The van der Waals surface area contributed by atoms with Gasteiger partial charge in [-0.3, -0.25) is 14.9 Å². The molecule has 5 nitrogen and oxygen atoms in total. The van der Waals surface area contributed by atoms with Crippen LogP contribution in [0.3, 0.4) is 0 Å². The second-order valence-corrected chi connectivity index (χ2v) is 9.82. The highest BCUT2D eigenvalue weighted by molar-refractivity contribution is 5.81. The van der Waals surface area contributed by atoms with Crippen LogP contribution in [0, 0.1) is 16.0 Å². The quantitative estimate of drug-likeness (QED) is 0.109. The van der Waals surface area contributed by atoms with E-state index in [4.69, 9.17) is 4.42 Å². The Morgan fingerprint density at radius 1 is 0.853 bits per heavy atom. The standard InChI is InChI=1S/C29H45NO4/c1-3-5-7-8-9-10-11-12-13-14-15-17-28(31)24(16-6-4-2)18-20-27-23-25-22-26(30(32)33)19-21-29(25)34-27/h19,21-24H,3-18,20H2,1-2H3. The Kier molecular flexibility index (Phi) is 13.6. The molecule has 190 valence electrons. The summed E-state index contributed by atoms with van der Waals surface area (Å²) in [6.45, 7) is 4.42. The minimum Gasteiger partial charge on any atom is -0.461 e. The molecule has 0 fully saturated rings. The number of rotatable bonds is 20. The minimum absolute atomic E-state index is 0.0721. The van der Waals surface area contributed by atoms with Crippen LogP contribution in [0.2, 0.25) is 0 Å². The Labute approximate surface area is 205 Å². The maximum absolute atomic E-state index is 12.9. The number of Topliss-reactive ketones (excluding diaryl/α,β-unsaturated/α-hetero) is 1. The molecule has 1 unspecified atom stereocenters. The first-order valence-corrected chi connectivity index (χ1v) is 13.7. The first-order chi connectivity index (χ1) is 16.5. The summed E-state index contributed by atoms with van der Waals surface area (Å²) in [6, 6.07) is 6.56. The van der Waals surface area contributed by atoms with E-state index in [9.17, 15) is 14.9 Å². The van der Waals surface area contributed by atoms with Gasteiger partial charge in [-0.2, -0.15) is 0 Å². The number of carbonyl (C=O) groups is 1. The fraction of sp³-hybridized carbons (Fsp3) is 0.690. The van der Waals surface area contributed by atoms with Crippen LogP contribution in [-0.2, 0) is 11.2 Å². The largest absolute Gasteiger partial charge is 0.461 e. The number of nitrogens with zero attached hydrogens (tertiary/aromatic N) is 1. The van der Waals surface area contributed by atoms with Crippen molar-refractivity contribution in [3.63, 3.8) is 0 Å². The summed E-state index contributed by atoms with van der Waals surface area (Å²) in [7, 11) is 0. The first-order valence-electron chi connectivity index (χ1n) is 13.7. The van der Waals surface area contributed by atoms with E-state index in [0.717, 1.165) is 49.7 Å². The molecule has 2 rings (SSSR count). The van der Waals surface area contributed by atoms with E-state index in [1.54, 1.807) is 12.1 Å². The number of fused-ring (bicyclic) bond motifs is 1. The van der Waals surface area contributed by atoms with Crippen molar-refractivity contribution in [2.75, 3.05) is 0 Å². The third-order valence-electron chi connectivity index (χ3n) is 6.89. The maximum atomic E-state index is 12.9. The molecule has 0 spiro atoms. The van der Waals surface area contributed by atoms with Crippen LogP contribution in [0.25, 0.3) is 11.0 Å². The molecular formula is C29H45NO4. The molecule has 5 heteroatoms. The molecule has 0 radical (unpaired) electrons. The normalized spacial score (nSPS) is 12.3. The van der Waals surface area contributed by atoms with Crippen LogP contribution in [0.4, 0.5) is 5.69 Å². The van der Waals surface area contributed by atoms with Gasteiger partial charge < -0.3 is 4.42 Å². The van der Waals surface area contributed by atoms with Gasteiger partial charge in [0.25, 0.3) is 5.69 Å².